The largest absolute Gasteiger partial charge is 0.491 e. The van der Waals surface area contributed by atoms with E-state index in [-0.39, 0.29) is 18.9 Å². The van der Waals surface area contributed by atoms with Crippen LogP contribution >= 0.6 is 0 Å². The number of aromatic nitrogens is 1. The van der Waals surface area contributed by atoms with Crippen LogP contribution in [0.4, 0.5) is 13.2 Å². The van der Waals surface area contributed by atoms with Crippen LogP contribution in [0.2, 0.25) is 0 Å². The van der Waals surface area contributed by atoms with Gasteiger partial charge in [0.2, 0.25) is 0 Å². The van der Waals surface area contributed by atoms with Crippen LogP contribution < -0.4 is 10.1 Å². The molecule has 130 valence electrons. The van der Waals surface area contributed by atoms with Crippen LogP contribution in [0.3, 0.4) is 0 Å². The predicted molar refractivity (Wildman–Crippen MR) is 83.6 cm³/mol. The van der Waals surface area contributed by atoms with Gasteiger partial charge in [-0.25, -0.2) is 0 Å². The summed E-state index contributed by atoms with van der Waals surface area (Å²) >= 11 is 0. The van der Waals surface area contributed by atoms with Crippen molar-refractivity contribution in [2.24, 2.45) is 0 Å². The van der Waals surface area contributed by atoms with Gasteiger partial charge in [0.1, 0.15) is 18.5 Å². The van der Waals surface area contributed by atoms with Crippen LogP contribution in [-0.4, -0.2) is 29.3 Å². The summed E-state index contributed by atoms with van der Waals surface area (Å²) in [6, 6.07) is 8.40. The summed E-state index contributed by atoms with van der Waals surface area (Å²) in [6.07, 6.45) is -3.50. The highest BCUT2D eigenvalue weighted by atomic mass is 19.4. The molecule has 0 radical (unpaired) electrons. The zero-order valence-corrected chi connectivity index (χ0v) is 13.2. The fourth-order valence-electron chi connectivity index (χ4n) is 1.98. The van der Waals surface area contributed by atoms with Crippen molar-refractivity contribution in [1.82, 2.24) is 10.3 Å². The lowest BCUT2D eigenvalue weighted by atomic mass is 10.2. The van der Waals surface area contributed by atoms with Gasteiger partial charge in [-0.15, -0.1) is 0 Å². The van der Waals surface area contributed by atoms with E-state index in [4.69, 9.17) is 4.74 Å². The summed E-state index contributed by atoms with van der Waals surface area (Å²) in [7, 11) is 0. The van der Waals surface area contributed by atoms with E-state index in [1.54, 1.807) is 6.20 Å². The molecule has 2 N–H and O–H groups in total. The Hall–Kier alpha value is -2.12. The van der Waals surface area contributed by atoms with Gasteiger partial charge in [0.25, 0.3) is 0 Å². The maximum atomic E-state index is 12.6. The molecule has 1 heterocycles. The van der Waals surface area contributed by atoms with Crippen molar-refractivity contribution in [2.75, 3.05) is 13.2 Å². The zero-order valence-electron chi connectivity index (χ0n) is 13.2. The van der Waals surface area contributed by atoms with Crippen molar-refractivity contribution < 1.29 is 23.0 Å². The molecule has 0 saturated carbocycles. The molecule has 2 aromatic rings. The molecule has 0 aliphatic heterocycles. The maximum Gasteiger partial charge on any atom is 0.416 e. The SMILES string of the molecule is Cc1ccc(CNCC(O)COc2cccc(C(F)(F)F)c2)nc1. The lowest BCUT2D eigenvalue weighted by Crippen LogP contribution is -2.31. The maximum absolute atomic E-state index is 12.6. The Balaban J connectivity index is 1.75. The minimum atomic E-state index is -4.42. The first-order valence-electron chi connectivity index (χ1n) is 7.45. The van der Waals surface area contributed by atoms with E-state index in [0.717, 1.165) is 23.4 Å². The molecule has 0 aliphatic rings. The number of aliphatic hydroxyl groups excluding tert-OH is 1. The number of aliphatic hydroxyl groups is 1. The number of aryl methyl sites for hydroxylation is 1. The van der Waals surface area contributed by atoms with Crippen LogP contribution in [0.15, 0.2) is 42.6 Å². The van der Waals surface area contributed by atoms with Crippen LogP contribution in [0.25, 0.3) is 0 Å². The van der Waals surface area contributed by atoms with Crippen molar-refractivity contribution in [3.05, 3.63) is 59.4 Å². The first-order valence-corrected chi connectivity index (χ1v) is 7.45. The number of benzene rings is 1. The summed E-state index contributed by atoms with van der Waals surface area (Å²) in [5.74, 6) is 0.0732. The van der Waals surface area contributed by atoms with Crippen molar-refractivity contribution in [2.45, 2.75) is 25.7 Å². The van der Waals surface area contributed by atoms with E-state index in [2.05, 4.69) is 10.3 Å². The number of ether oxygens (including phenoxy) is 1. The predicted octanol–water partition coefficient (Wildman–Crippen LogP) is 2.94. The number of hydrogen-bond acceptors (Lipinski definition) is 4. The van der Waals surface area contributed by atoms with Gasteiger partial charge in [-0.3, -0.25) is 4.98 Å². The molecule has 0 spiro atoms. The Kier molecular flexibility index (Phi) is 6.16. The molecule has 1 aromatic heterocycles. The van der Waals surface area contributed by atoms with E-state index in [1.165, 1.54) is 12.1 Å². The third-order valence-corrected chi connectivity index (χ3v) is 3.26. The van der Waals surface area contributed by atoms with Crippen molar-refractivity contribution in [3.63, 3.8) is 0 Å². The molecular formula is C17H19F3N2O2. The molecule has 4 nitrogen and oxygen atoms in total. The second-order valence-electron chi connectivity index (χ2n) is 5.45. The number of nitrogens with one attached hydrogen (secondary N) is 1. The van der Waals surface area contributed by atoms with Gasteiger partial charge >= 0.3 is 6.18 Å². The smallest absolute Gasteiger partial charge is 0.416 e. The van der Waals surface area contributed by atoms with Gasteiger partial charge in [0.05, 0.1) is 11.3 Å². The highest BCUT2D eigenvalue weighted by Gasteiger charge is 2.30. The molecule has 0 aliphatic carbocycles. The first-order chi connectivity index (χ1) is 11.3. The van der Waals surface area contributed by atoms with E-state index < -0.39 is 17.8 Å². The quantitative estimate of drug-likeness (QED) is 0.814. The molecule has 1 aromatic carbocycles. The van der Waals surface area contributed by atoms with Gasteiger partial charge in [-0.05, 0) is 36.8 Å². The number of rotatable bonds is 7. The second-order valence-corrected chi connectivity index (χ2v) is 5.45. The number of pyridine rings is 1. The van der Waals surface area contributed by atoms with Crippen molar-refractivity contribution in [3.8, 4) is 5.75 Å². The Morgan fingerprint density at radius 3 is 2.71 bits per heavy atom. The third-order valence-electron chi connectivity index (χ3n) is 3.26. The monoisotopic (exact) mass is 340 g/mol. The molecule has 0 saturated heterocycles. The Morgan fingerprint density at radius 1 is 1.25 bits per heavy atom. The number of hydrogen-bond donors (Lipinski definition) is 2. The topological polar surface area (TPSA) is 54.4 Å². The van der Waals surface area contributed by atoms with E-state index >= 15 is 0 Å². The number of halogens is 3. The third kappa shape index (κ3) is 5.82. The van der Waals surface area contributed by atoms with Gasteiger partial charge in [-0.2, -0.15) is 13.2 Å². The Labute approximate surface area is 138 Å². The van der Waals surface area contributed by atoms with Gasteiger partial charge in [0.15, 0.2) is 0 Å². The van der Waals surface area contributed by atoms with Crippen molar-refractivity contribution >= 4 is 0 Å². The van der Waals surface area contributed by atoms with Gasteiger partial charge < -0.3 is 15.2 Å². The summed E-state index contributed by atoms with van der Waals surface area (Å²) in [6.45, 7) is 2.57. The molecule has 0 fully saturated rings. The molecule has 2 rings (SSSR count). The summed E-state index contributed by atoms with van der Waals surface area (Å²) < 4.78 is 43.0. The number of alkyl halides is 3. The summed E-state index contributed by atoms with van der Waals surface area (Å²) in [4.78, 5) is 4.22. The molecule has 24 heavy (non-hydrogen) atoms. The van der Waals surface area contributed by atoms with Crippen LogP contribution in [0, 0.1) is 6.92 Å². The molecular weight excluding hydrogens is 321 g/mol. The lowest BCUT2D eigenvalue weighted by Gasteiger charge is -2.14. The average molecular weight is 340 g/mol. The highest BCUT2D eigenvalue weighted by molar-refractivity contribution is 5.30. The summed E-state index contributed by atoms with van der Waals surface area (Å²) in [5, 5.41) is 12.9. The molecule has 1 unspecified atom stereocenters. The minimum absolute atomic E-state index is 0.0732. The molecule has 0 bridgehead atoms. The second kappa shape index (κ2) is 8.12. The number of nitrogens with zero attached hydrogens (tertiary/aromatic N) is 1. The van der Waals surface area contributed by atoms with E-state index in [0.29, 0.717) is 6.54 Å². The van der Waals surface area contributed by atoms with E-state index in [9.17, 15) is 18.3 Å². The van der Waals surface area contributed by atoms with Crippen LogP contribution in [0.1, 0.15) is 16.8 Å². The average Bonchev–Trinajstić information content (AvgIpc) is 2.54. The van der Waals surface area contributed by atoms with E-state index in [1.807, 2.05) is 19.1 Å². The minimum Gasteiger partial charge on any atom is -0.491 e. The molecule has 0 amide bonds. The fraction of sp³-hybridized carbons (Fsp3) is 0.353. The van der Waals surface area contributed by atoms with Crippen LogP contribution in [0.5, 0.6) is 5.75 Å². The Bertz CT molecular complexity index is 645. The summed E-state index contributed by atoms with van der Waals surface area (Å²) in [5.41, 5.74) is 1.12. The Morgan fingerprint density at radius 2 is 2.04 bits per heavy atom. The van der Waals surface area contributed by atoms with Crippen LogP contribution in [-0.2, 0) is 12.7 Å². The standard InChI is InChI=1S/C17H19F3N2O2/c1-12-5-6-14(22-8-12)9-21-10-15(23)11-24-16-4-2-3-13(7-16)17(18,19)20/h2-8,15,21,23H,9-11H2,1H3. The zero-order chi connectivity index (χ0) is 17.6. The fourth-order valence-corrected chi connectivity index (χ4v) is 1.98. The normalized spacial score (nSPS) is 12.9. The van der Waals surface area contributed by atoms with Crippen molar-refractivity contribution in [1.29, 1.82) is 0 Å². The molecule has 7 heteroatoms. The molecule has 1 atom stereocenters. The van der Waals surface area contributed by atoms with Gasteiger partial charge in [0, 0.05) is 19.3 Å². The first kappa shape index (κ1) is 18.2. The highest BCUT2D eigenvalue weighted by Crippen LogP contribution is 2.31. The van der Waals surface area contributed by atoms with Gasteiger partial charge in [-0.1, -0.05) is 12.1 Å². The lowest BCUT2D eigenvalue weighted by molar-refractivity contribution is -0.137.